The number of rotatable bonds is 53. The molecule has 0 saturated carbocycles. The molecule has 7 nitrogen and oxygen atoms in total. The lowest BCUT2D eigenvalue weighted by Gasteiger charge is -2.28. The quantitative estimate of drug-likeness (QED) is 0.0370. The van der Waals surface area contributed by atoms with E-state index in [2.05, 4.69) is 37.5 Å². The van der Waals surface area contributed by atoms with Gasteiger partial charge in [0.25, 0.3) is 0 Å². The molecule has 0 heterocycles. The average Bonchev–Trinajstić information content (AvgIpc) is 3.29. The van der Waals surface area contributed by atoms with Crippen molar-refractivity contribution in [1.82, 2.24) is 9.80 Å². The lowest BCUT2D eigenvalue weighted by Crippen LogP contribution is -2.41. The second-order valence-corrected chi connectivity index (χ2v) is 19.7. The monoisotopic (exact) mass is 917 g/mol. The summed E-state index contributed by atoms with van der Waals surface area (Å²) in [7, 11) is 0. The van der Waals surface area contributed by atoms with Gasteiger partial charge in [-0.3, -0.25) is 4.90 Å². The van der Waals surface area contributed by atoms with Crippen LogP contribution >= 0.6 is 0 Å². The van der Waals surface area contributed by atoms with Gasteiger partial charge in [-0.05, 0) is 38.8 Å². The number of carbonyl (C=O) groups is 2. The molecule has 0 saturated heterocycles. The second-order valence-electron chi connectivity index (χ2n) is 19.7. The van der Waals surface area contributed by atoms with Crippen molar-refractivity contribution in [2.45, 2.75) is 284 Å². The first-order chi connectivity index (χ1) is 32.0. The highest BCUT2D eigenvalue weighted by atomic mass is 16.5. The molecule has 0 aromatic rings. The number of carbonyl (C=O) groups excluding carboxylic acids is 2. The minimum atomic E-state index is -0.536. The van der Waals surface area contributed by atoms with E-state index in [1.807, 2.05) is 12.2 Å². The first-order valence-electron chi connectivity index (χ1n) is 28.8. The maximum absolute atomic E-state index is 12.6. The Morgan fingerprint density at radius 1 is 0.369 bits per heavy atom. The standard InChI is InChI=1S/C58H112N2O5/c1-5-9-12-15-18-21-24-27-30-33-36-39-42-52-64-57(62)46-44-50-60(51-45-47-58(63)65-53-43-40-37-34-31-28-25-22-19-16-13-10-6-2)55-56(61)54-59(48-8-4)49-41-38-35-32-29-26-23-20-17-14-11-7-3/h44-47,56,61H,5-43,48-55H2,1-4H3/b46-44+,47-45+. The van der Waals surface area contributed by atoms with Gasteiger partial charge >= 0.3 is 11.9 Å². The van der Waals surface area contributed by atoms with Crippen LogP contribution in [-0.4, -0.2) is 85.4 Å². The molecular weight excluding hydrogens is 805 g/mol. The van der Waals surface area contributed by atoms with Gasteiger partial charge in [0.05, 0.1) is 19.3 Å². The van der Waals surface area contributed by atoms with Crippen molar-refractivity contribution in [2.24, 2.45) is 0 Å². The third-order valence-electron chi connectivity index (χ3n) is 13.0. The summed E-state index contributed by atoms with van der Waals surface area (Å²) in [4.78, 5) is 29.6. The zero-order valence-corrected chi connectivity index (χ0v) is 44.1. The van der Waals surface area contributed by atoms with Crippen molar-refractivity contribution in [1.29, 1.82) is 0 Å². The highest BCUT2D eigenvalue weighted by Gasteiger charge is 2.15. The SMILES string of the molecule is CCCCCCCCCCCCCCCOC(=O)/C=C/CN(C/C=C/C(=O)OCCCCCCCCCCCCCCC)CC(O)CN(CCC)CCCCCCCCCCCCCC. The Morgan fingerprint density at radius 3 is 0.954 bits per heavy atom. The summed E-state index contributed by atoms with van der Waals surface area (Å²) in [5.74, 6) is -0.624. The van der Waals surface area contributed by atoms with Gasteiger partial charge < -0.3 is 19.5 Å². The molecule has 0 rings (SSSR count). The van der Waals surface area contributed by atoms with E-state index >= 15 is 0 Å². The summed E-state index contributed by atoms with van der Waals surface area (Å²) in [6, 6.07) is 0. The number of hydrogen-bond donors (Lipinski definition) is 1. The van der Waals surface area contributed by atoms with Crippen LogP contribution < -0.4 is 0 Å². The summed E-state index contributed by atoms with van der Waals surface area (Å²) in [6.07, 6.45) is 56.9. The molecule has 0 spiro atoms. The smallest absolute Gasteiger partial charge is 0.330 e. The fourth-order valence-corrected chi connectivity index (χ4v) is 8.94. The normalized spacial score (nSPS) is 12.4. The highest BCUT2D eigenvalue weighted by Crippen LogP contribution is 2.15. The topological polar surface area (TPSA) is 79.3 Å². The molecule has 0 aliphatic heterocycles. The van der Waals surface area contributed by atoms with Crippen LogP contribution in [0.2, 0.25) is 0 Å². The summed E-state index contributed by atoms with van der Waals surface area (Å²) >= 11 is 0. The Bertz CT molecular complexity index is 978. The number of nitrogens with zero attached hydrogens (tertiary/aromatic N) is 2. The van der Waals surface area contributed by atoms with E-state index < -0.39 is 6.10 Å². The minimum Gasteiger partial charge on any atom is -0.463 e. The van der Waals surface area contributed by atoms with Crippen molar-refractivity contribution in [3.8, 4) is 0 Å². The molecule has 0 aliphatic carbocycles. The molecule has 0 aliphatic rings. The van der Waals surface area contributed by atoms with E-state index in [4.69, 9.17) is 9.47 Å². The van der Waals surface area contributed by atoms with Gasteiger partial charge in [-0.2, -0.15) is 0 Å². The number of aliphatic hydroxyl groups excluding tert-OH is 1. The van der Waals surface area contributed by atoms with Gasteiger partial charge in [0, 0.05) is 38.3 Å². The Balaban J connectivity index is 4.70. The van der Waals surface area contributed by atoms with Gasteiger partial charge in [0.15, 0.2) is 0 Å². The molecule has 384 valence electrons. The van der Waals surface area contributed by atoms with Crippen LogP contribution in [0.3, 0.4) is 0 Å². The molecule has 1 N–H and O–H groups in total. The predicted molar refractivity (Wildman–Crippen MR) is 282 cm³/mol. The second kappa shape index (κ2) is 53.3. The fraction of sp³-hybridized carbons (Fsp3) is 0.897. The van der Waals surface area contributed by atoms with Gasteiger partial charge in [0.1, 0.15) is 0 Å². The molecule has 0 fully saturated rings. The Labute approximate surface area is 405 Å². The van der Waals surface area contributed by atoms with Crippen molar-refractivity contribution in [2.75, 3.05) is 52.5 Å². The Morgan fingerprint density at radius 2 is 0.646 bits per heavy atom. The van der Waals surface area contributed by atoms with Crippen LogP contribution in [0.15, 0.2) is 24.3 Å². The van der Waals surface area contributed by atoms with E-state index in [9.17, 15) is 14.7 Å². The molecule has 0 radical (unpaired) electrons. The van der Waals surface area contributed by atoms with Gasteiger partial charge in [-0.15, -0.1) is 0 Å². The third kappa shape index (κ3) is 50.0. The van der Waals surface area contributed by atoms with Crippen LogP contribution in [0, 0.1) is 0 Å². The lowest BCUT2D eigenvalue weighted by atomic mass is 10.0. The molecule has 7 heteroatoms. The van der Waals surface area contributed by atoms with Crippen molar-refractivity contribution < 1.29 is 24.2 Å². The Kier molecular flexibility index (Phi) is 51.9. The van der Waals surface area contributed by atoms with Gasteiger partial charge in [-0.1, -0.05) is 265 Å². The van der Waals surface area contributed by atoms with Crippen LogP contribution in [0.4, 0.5) is 0 Å². The van der Waals surface area contributed by atoms with Crippen LogP contribution in [0.1, 0.15) is 278 Å². The largest absolute Gasteiger partial charge is 0.463 e. The minimum absolute atomic E-state index is 0.312. The van der Waals surface area contributed by atoms with Gasteiger partial charge in [-0.25, -0.2) is 9.59 Å². The average molecular weight is 918 g/mol. The summed E-state index contributed by atoms with van der Waals surface area (Å²) < 4.78 is 11.0. The van der Waals surface area contributed by atoms with E-state index in [0.717, 1.165) is 45.2 Å². The van der Waals surface area contributed by atoms with E-state index in [1.54, 1.807) is 0 Å². The van der Waals surface area contributed by atoms with Crippen molar-refractivity contribution in [3.63, 3.8) is 0 Å². The molecule has 1 unspecified atom stereocenters. The van der Waals surface area contributed by atoms with E-state index in [0.29, 0.717) is 39.4 Å². The number of aliphatic hydroxyl groups is 1. The summed E-state index contributed by atoms with van der Waals surface area (Å²) in [6.45, 7) is 14.0. The predicted octanol–water partition coefficient (Wildman–Crippen LogP) is 16.4. The zero-order chi connectivity index (χ0) is 47.4. The first-order valence-corrected chi connectivity index (χ1v) is 28.8. The maximum Gasteiger partial charge on any atom is 0.330 e. The number of unbranched alkanes of at least 4 members (excludes halogenated alkanes) is 35. The summed E-state index contributed by atoms with van der Waals surface area (Å²) in [5, 5.41) is 11.3. The molecule has 65 heavy (non-hydrogen) atoms. The highest BCUT2D eigenvalue weighted by molar-refractivity contribution is 5.82. The Hall–Kier alpha value is -1.70. The van der Waals surface area contributed by atoms with Crippen LogP contribution in [0.25, 0.3) is 0 Å². The van der Waals surface area contributed by atoms with E-state index in [1.165, 1.54) is 230 Å². The first kappa shape index (κ1) is 63.3. The third-order valence-corrected chi connectivity index (χ3v) is 13.0. The number of hydrogen-bond acceptors (Lipinski definition) is 7. The molecule has 0 amide bonds. The molecule has 1 atom stereocenters. The molecule has 0 bridgehead atoms. The van der Waals surface area contributed by atoms with Crippen LogP contribution in [0.5, 0.6) is 0 Å². The lowest BCUT2D eigenvalue weighted by molar-refractivity contribution is -0.138. The number of esters is 2. The maximum atomic E-state index is 12.6. The molecular formula is C58H112N2O5. The van der Waals surface area contributed by atoms with Crippen molar-refractivity contribution in [3.05, 3.63) is 24.3 Å². The van der Waals surface area contributed by atoms with Crippen molar-refractivity contribution >= 4 is 11.9 Å². The zero-order valence-electron chi connectivity index (χ0n) is 44.1. The molecule has 0 aromatic heterocycles. The van der Waals surface area contributed by atoms with Crippen LogP contribution in [-0.2, 0) is 19.1 Å². The van der Waals surface area contributed by atoms with E-state index in [-0.39, 0.29) is 11.9 Å². The number of ether oxygens (including phenoxy) is 2. The molecule has 0 aromatic carbocycles. The fourth-order valence-electron chi connectivity index (χ4n) is 8.94. The summed E-state index contributed by atoms with van der Waals surface area (Å²) in [5.41, 5.74) is 0. The van der Waals surface area contributed by atoms with Gasteiger partial charge in [0.2, 0.25) is 0 Å².